The number of carbonyl (C=O) groups excluding carboxylic acids is 1. The molecule has 1 aromatic rings. The summed E-state index contributed by atoms with van der Waals surface area (Å²) in [6.45, 7) is 2.39. The van der Waals surface area contributed by atoms with E-state index >= 15 is 0 Å². The fraction of sp³-hybridized carbons (Fsp3) is 0.562. The lowest BCUT2D eigenvalue weighted by atomic mass is 10.2. The van der Waals surface area contributed by atoms with E-state index in [2.05, 4.69) is 10.6 Å². The van der Waals surface area contributed by atoms with Gasteiger partial charge in [0.25, 0.3) is 0 Å². The lowest BCUT2D eigenvalue weighted by Gasteiger charge is -2.18. The number of rotatable bonds is 6. The third-order valence-electron chi connectivity index (χ3n) is 3.67. The first-order valence-corrected chi connectivity index (χ1v) is 7.91. The predicted molar refractivity (Wildman–Crippen MR) is 83.9 cm³/mol. The van der Waals surface area contributed by atoms with Gasteiger partial charge < -0.3 is 15.4 Å². The molecule has 134 valence electrons. The Hall–Kier alpha value is -1.96. The van der Waals surface area contributed by atoms with E-state index in [9.17, 15) is 18.0 Å². The van der Waals surface area contributed by atoms with Crippen molar-refractivity contribution in [1.82, 2.24) is 15.5 Å². The van der Waals surface area contributed by atoms with Gasteiger partial charge >= 0.3 is 12.2 Å². The highest BCUT2D eigenvalue weighted by Crippen LogP contribution is 2.20. The van der Waals surface area contributed by atoms with Crippen LogP contribution in [-0.4, -0.2) is 49.4 Å². The number of ether oxygens (including phenoxy) is 1. The summed E-state index contributed by atoms with van der Waals surface area (Å²) < 4.78 is 42.4. The van der Waals surface area contributed by atoms with E-state index in [1.54, 1.807) is 0 Å². The Labute approximate surface area is 139 Å². The van der Waals surface area contributed by atoms with E-state index in [1.165, 1.54) is 4.90 Å². The topological polar surface area (TPSA) is 53.6 Å². The first kappa shape index (κ1) is 18.4. The minimum Gasteiger partial charge on any atom is -0.494 e. The number of likely N-dealkylation sites (tertiary alicyclic amines) is 1. The van der Waals surface area contributed by atoms with Gasteiger partial charge in [-0.1, -0.05) is 12.1 Å². The molecular weight excluding hydrogens is 323 g/mol. The summed E-state index contributed by atoms with van der Waals surface area (Å²) in [5.41, 5.74) is 0.890. The van der Waals surface area contributed by atoms with E-state index in [1.807, 2.05) is 31.2 Å². The van der Waals surface area contributed by atoms with Gasteiger partial charge in [0, 0.05) is 25.7 Å². The summed E-state index contributed by atoms with van der Waals surface area (Å²) >= 11 is 0. The first-order chi connectivity index (χ1) is 11.4. The molecule has 24 heavy (non-hydrogen) atoms. The number of hydrogen-bond acceptors (Lipinski definition) is 3. The lowest BCUT2D eigenvalue weighted by Crippen LogP contribution is -2.43. The SMILES string of the molecule is CCOc1cccc(CNC(=O)N[C@H]2CCN(CC(F)(F)F)C2)c1. The van der Waals surface area contributed by atoms with Gasteiger partial charge in [0.05, 0.1) is 13.2 Å². The van der Waals surface area contributed by atoms with Crippen LogP contribution < -0.4 is 15.4 Å². The van der Waals surface area contributed by atoms with Crippen LogP contribution in [0.15, 0.2) is 24.3 Å². The van der Waals surface area contributed by atoms with Gasteiger partial charge in [-0.05, 0) is 31.0 Å². The highest BCUT2D eigenvalue weighted by atomic mass is 19.4. The molecule has 0 unspecified atom stereocenters. The molecule has 1 aliphatic heterocycles. The van der Waals surface area contributed by atoms with Crippen molar-refractivity contribution in [3.63, 3.8) is 0 Å². The molecule has 1 heterocycles. The molecule has 0 aliphatic carbocycles. The molecule has 1 atom stereocenters. The number of alkyl halides is 3. The van der Waals surface area contributed by atoms with Gasteiger partial charge in [0.2, 0.25) is 0 Å². The molecule has 0 bridgehead atoms. The van der Waals surface area contributed by atoms with Crippen LogP contribution in [0.5, 0.6) is 5.75 Å². The molecule has 0 spiro atoms. The largest absolute Gasteiger partial charge is 0.494 e. The third kappa shape index (κ3) is 6.27. The number of benzene rings is 1. The van der Waals surface area contributed by atoms with Crippen LogP contribution in [0.2, 0.25) is 0 Å². The second-order valence-corrected chi connectivity index (χ2v) is 5.74. The maximum absolute atomic E-state index is 12.3. The summed E-state index contributed by atoms with van der Waals surface area (Å²) in [6.07, 6.45) is -3.69. The molecule has 2 N–H and O–H groups in total. The molecule has 1 fully saturated rings. The Kier molecular flexibility index (Phi) is 6.30. The van der Waals surface area contributed by atoms with Gasteiger partial charge in [0.15, 0.2) is 0 Å². The fourth-order valence-electron chi connectivity index (χ4n) is 2.68. The molecule has 0 aromatic heterocycles. The number of hydrogen-bond donors (Lipinski definition) is 2. The van der Waals surface area contributed by atoms with Crippen LogP contribution in [0.25, 0.3) is 0 Å². The Morgan fingerprint density at radius 3 is 2.92 bits per heavy atom. The number of nitrogens with zero attached hydrogens (tertiary/aromatic N) is 1. The number of carbonyl (C=O) groups is 1. The van der Waals surface area contributed by atoms with Gasteiger partial charge in [-0.3, -0.25) is 4.90 Å². The number of amides is 2. The van der Waals surface area contributed by atoms with E-state index in [0.29, 0.717) is 26.1 Å². The zero-order valence-corrected chi connectivity index (χ0v) is 13.5. The summed E-state index contributed by atoms with van der Waals surface area (Å²) in [4.78, 5) is 13.2. The average Bonchev–Trinajstić information content (AvgIpc) is 2.91. The Morgan fingerprint density at radius 2 is 2.21 bits per heavy atom. The van der Waals surface area contributed by atoms with Crippen molar-refractivity contribution in [1.29, 1.82) is 0 Å². The predicted octanol–water partition coefficient (Wildman–Crippen LogP) is 2.52. The van der Waals surface area contributed by atoms with Crippen molar-refractivity contribution >= 4 is 6.03 Å². The van der Waals surface area contributed by atoms with Crippen LogP contribution in [-0.2, 0) is 6.54 Å². The minimum absolute atomic E-state index is 0.215. The van der Waals surface area contributed by atoms with Crippen molar-refractivity contribution in [2.24, 2.45) is 0 Å². The molecule has 2 rings (SSSR count). The van der Waals surface area contributed by atoms with E-state index in [0.717, 1.165) is 11.3 Å². The molecule has 5 nitrogen and oxygen atoms in total. The molecular formula is C16H22F3N3O2. The summed E-state index contributed by atoms with van der Waals surface area (Å²) in [7, 11) is 0. The van der Waals surface area contributed by atoms with Gasteiger partial charge in [-0.25, -0.2) is 4.79 Å². The molecule has 1 aliphatic rings. The maximum atomic E-state index is 12.3. The monoisotopic (exact) mass is 345 g/mol. The Morgan fingerprint density at radius 1 is 1.42 bits per heavy atom. The Bertz CT molecular complexity index is 552. The molecule has 1 saturated heterocycles. The van der Waals surface area contributed by atoms with E-state index in [4.69, 9.17) is 4.74 Å². The second-order valence-electron chi connectivity index (χ2n) is 5.74. The summed E-state index contributed by atoms with van der Waals surface area (Å²) in [6, 6.07) is 6.73. The van der Waals surface area contributed by atoms with Crippen LogP contribution in [0.4, 0.5) is 18.0 Å². The summed E-state index contributed by atoms with van der Waals surface area (Å²) in [5.74, 6) is 0.732. The first-order valence-electron chi connectivity index (χ1n) is 7.91. The highest BCUT2D eigenvalue weighted by Gasteiger charge is 2.34. The van der Waals surface area contributed by atoms with E-state index in [-0.39, 0.29) is 18.6 Å². The van der Waals surface area contributed by atoms with Crippen molar-refractivity contribution < 1.29 is 22.7 Å². The lowest BCUT2D eigenvalue weighted by molar-refractivity contribution is -0.143. The van der Waals surface area contributed by atoms with Crippen molar-refractivity contribution in [3.8, 4) is 5.75 Å². The normalized spacial score (nSPS) is 18.4. The molecule has 2 amide bonds. The van der Waals surface area contributed by atoms with Gasteiger partial charge in [-0.2, -0.15) is 13.2 Å². The maximum Gasteiger partial charge on any atom is 0.401 e. The highest BCUT2D eigenvalue weighted by molar-refractivity contribution is 5.74. The molecule has 1 aromatic carbocycles. The van der Waals surface area contributed by atoms with Crippen LogP contribution in [0.1, 0.15) is 18.9 Å². The zero-order valence-electron chi connectivity index (χ0n) is 13.5. The van der Waals surface area contributed by atoms with Crippen LogP contribution >= 0.6 is 0 Å². The number of halogens is 3. The number of urea groups is 1. The third-order valence-corrected chi connectivity index (χ3v) is 3.67. The molecule has 0 saturated carbocycles. The standard InChI is InChI=1S/C16H22F3N3O2/c1-2-24-14-5-3-4-12(8-14)9-20-15(23)21-13-6-7-22(10-13)11-16(17,18)19/h3-5,8,13H,2,6-7,9-11H2,1H3,(H2,20,21,23)/t13-/m0/s1. The fourth-order valence-corrected chi connectivity index (χ4v) is 2.68. The van der Waals surface area contributed by atoms with Crippen molar-refractivity contribution in [2.75, 3.05) is 26.2 Å². The van der Waals surface area contributed by atoms with Crippen molar-refractivity contribution in [3.05, 3.63) is 29.8 Å². The number of nitrogens with one attached hydrogen (secondary N) is 2. The van der Waals surface area contributed by atoms with E-state index < -0.39 is 12.7 Å². The molecule has 0 radical (unpaired) electrons. The smallest absolute Gasteiger partial charge is 0.401 e. The van der Waals surface area contributed by atoms with Gasteiger partial charge in [-0.15, -0.1) is 0 Å². The zero-order chi connectivity index (χ0) is 17.6. The summed E-state index contributed by atoms with van der Waals surface area (Å²) in [5, 5.41) is 5.43. The van der Waals surface area contributed by atoms with Gasteiger partial charge in [0.1, 0.15) is 5.75 Å². The minimum atomic E-state index is -4.21. The van der Waals surface area contributed by atoms with Crippen LogP contribution in [0.3, 0.4) is 0 Å². The quantitative estimate of drug-likeness (QED) is 0.833. The van der Waals surface area contributed by atoms with Crippen molar-refractivity contribution in [2.45, 2.75) is 32.1 Å². The second kappa shape index (κ2) is 8.23. The average molecular weight is 345 g/mol. The Balaban J connectivity index is 1.73. The molecule has 8 heteroatoms. The van der Waals surface area contributed by atoms with Crippen LogP contribution in [0, 0.1) is 0 Å².